The minimum absolute atomic E-state index is 0.0116. The molecule has 0 aliphatic heterocycles. The van der Waals surface area contributed by atoms with Gasteiger partial charge in [-0.1, -0.05) is 20.8 Å². The van der Waals surface area contributed by atoms with Gasteiger partial charge < -0.3 is 5.11 Å². The lowest BCUT2D eigenvalue weighted by Gasteiger charge is -2.23. The first-order chi connectivity index (χ1) is 5.97. The molecule has 0 aliphatic rings. The zero-order valence-corrected chi connectivity index (χ0v) is 8.87. The Bertz CT molecular complexity index is 158. The summed E-state index contributed by atoms with van der Waals surface area (Å²) in [4.78, 5) is 11.3. The zero-order chi connectivity index (χ0) is 10.4. The molecule has 0 radical (unpaired) electrons. The van der Waals surface area contributed by atoms with Gasteiger partial charge >= 0.3 is 0 Å². The summed E-state index contributed by atoms with van der Waals surface area (Å²) < 4.78 is 0. The molecule has 0 rings (SSSR count). The standard InChI is InChI=1S/C9H20N2O2/c1-5-11(6-8(4)12)10-9(13)7(2)3/h7-8,12H,5-6H2,1-4H3,(H,10,13). The Hall–Kier alpha value is -0.610. The number of nitrogens with zero attached hydrogens (tertiary/aromatic N) is 1. The third-order valence-electron chi connectivity index (χ3n) is 1.66. The average Bonchev–Trinajstić information content (AvgIpc) is 2.02. The van der Waals surface area contributed by atoms with Crippen molar-refractivity contribution >= 4 is 5.91 Å². The second-order valence-electron chi connectivity index (χ2n) is 3.52. The normalized spacial score (nSPS) is 13.5. The van der Waals surface area contributed by atoms with E-state index in [1.165, 1.54) is 0 Å². The summed E-state index contributed by atoms with van der Waals surface area (Å²) in [5, 5.41) is 10.8. The van der Waals surface area contributed by atoms with Gasteiger partial charge in [0, 0.05) is 19.0 Å². The van der Waals surface area contributed by atoms with Gasteiger partial charge in [-0.15, -0.1) is 0 Å². The van der Waals surface area contributed by atoms with Crippen LogP contribution >= 0.6 is 0 Å². The maximum atomic E-state index is 11.3. The Labute approximate surface area is 79.9 Å². The van der Waals surface area contributed by atoms with E-state index in [1.54, 1.807) is 11.9 Å². The van der Waals surface area contributed by atoms with Gasteiger partial charge in [0.05, 0.1) is 6.10 Å². The van der Waals surface area contributed by atoms with Crippen molar-refractivity contribution < 1.29 is 9.90 Å². The summed E-state index contributed by atoms with van der Waals surface area (Å²) in [7, 11) is 0. The van der Waals surface area contributed by atoms with E-state index in [2.05, 4.69) is 5.43 Å². The first-order valence-electron chi connectivity index (χ1n) is 4.70. The second-order valence-corrected chi connectivity index (χ2v) is 3.52. The lowest BCUT2D eigenvalue weighted by Crippen LogP contribution is -2.46. The lowest BCUT2D eigenvalue weighted by atomic mass is 10.2. The number of hydrogen-bond donors (Lipinski definition) is 2. The molecule has 0 saturated carbocycles. The van der Waals surface area contributed by atoms with E-state index < -0.39 is 6.10 Å². The van der Waals surface area contributed by atoms with Gasteiger partial charge in [-0.25, -0.2) is 5.01 Å². The van der Waals surface area contributed by atoms with E-state index in [1.807, 2.05) is 20.8 Å². The number of likely N-dealkylation sites (N-methyl/N-ethyl adjacent to an activating group) is 1. The van der Waals surface area contributed by atoms with Crippen molar-refractivity contribution in [1.82, 2.24) is 10.4 Å². The van der Waals surface area contributed by atoms with Crippen LogP contribution in [-0.2, 0) is 4.79 Å². The molecule has 0 aliphatic carbocycles. The number of hydrazine groups is 1. The van der Waals surface area contributed by atoms with Crippen LogP contribution in [0.15, 0.2) is 0 Å². The third kappa shape index (κ3) is 5.60. The van der Waals surface area contributed by atoms with Crippen molar-refractivity contribution in [1.29, 1.82) is 0 Å². The molecule has 13 heavy (non-hydrogen) atoms. The monoisotopic (exact) mass is 188 g/mol. The lowest BCUT2D eigenvalue weighted by molar-refractivity contribution is -0.129. The van der Waals surface area contributed by atoms with Crippen LogP contribution in [0.3, 0.4) is 0 Å². The molecule has 4 nitrogen and oxygen atoms in total. The molecular weight excluding hydrogens is 168 g/mol. The minimum atomic E-state index is -0.424. The molecule has 0 aromatic rings. The van der Waals surface area contributed by atoms with E-state index in [0.717, 1.165) is 0 Å². The number of carbonyl (C=O) groups is 1. The van der Waals surface area contributed by atoms with Gasteiger partial charge in [0.25, 0.3) is 0 Å². The largest absolute Gasteiger partial charge is 0.392 e. The Morgan fingerprint density at radius 3 is 2.31 bits per heavy atom. The molecule has 0 fully saturated rings. The first kappa shape index (κ1) is 12.4. The highest BCUT2D eigenvalue weighted by molar-refractivity contribution is 5.77. The topological polar surface area (TPSA) is 52.6 Å². The molecule has 0 saturated heterocycles. The Kier molecular flexibility index (Phi) is 5.66. The van der Waals surface area contributed by atoms with Crippen LogP contribution in [0.25, 0.3) is 0 Å². The van der Waals surface area contributed by atoms with Crippen LogP contribution in [0.4, 0.5) is 0 Å². The van der Waals surface area contributed by atoms with Gasteiger partial charge in [-0.3, -0.25) is 10.2 Å². The molecule has 4 heteroatoms. The van der Waals surface area contributed by atoms with Crippen molar-refractivity contribution in [2.75, 3.05) is 13.1 Å². The third-order valence-corrected chi connectivity index (χ3v) is 1.66. The van der Waals surface area contributed by atoms with E-state index in [9.17, 15) is 4.79 Å². The van der Waals surface area contributed by atoms with Crippen LogP contribution in [0.5, 0.6) is 0 Å². The van der Waals surface area contributed by atoms with Gasteiger partial charge in [0.1, 0.15) is 0 Å². The molecular formula is C9H20N2O2. The van der Waals surface area contributed by atoms with E-state index >= 15 is 0 Å². The summed E-state index contributed by atoms with van der Waals surface area (Å²) >= 11 is 0. The summed E-state index contributed by atoms with van der Waals surface area (Å²) in [6.45, 7) is 8.47. The van der Waals surface area contributed by atoms with Crippen LogP contribution < -0.4 is 5.43 Å². The van der Waals surface area contributed by atoms with E-state index in [0.29, 0.717) is 13.1 Å². The molecule has 1 unspecified atom stereocenters. The van der Waals surface area contributed by atoms with E-state index in [4.69, 9.17) is 5.11 Å². The maximum absolute atomic E-state index is 11.3. The number of aliphatic hydroxyl groups is 1. The molecule has 2 N–H and O–H groups in total. The molecule has 0 bridgehead atoms. The highest BCUT2D eigenvalue weighted by atomic mass is 16.3. The van der Waals surface area contributed by atoms with Crippen molar-refractivity contribution in [2.24, 2.45) is 5.92 Å². The van der Waals surface area contributed by atoms with Crippen molar-refractivity contribution in [3.8, 4) is 0 Å². The van der Waals surface area contributed by atoms with Crippen molar-refractivity contribution in [2.45, 2.75) is 33.8 Å². The maximum Gasteiger partial charge on any atom is 0.236 e. The molecule has 78 valence electrons. The van der Waals surface area contributed by atoms with Crippen molar-refractivity contribution in [3.63, 3.8) is 0 Å². The first-order valence-corrected chi connectivity index (χ1v) is 4.70. The fraction of sp³-hybridized carbons (Fsp3) is 0.889. The molecule has 0 aromatic carbocycles. The van der Waals surface area contributed by atoms with Gasteiger partial charge in [0.15, 0.2) is 0 Å². The number of rotatable bonds is 5. The van der Waals surface area contributed by atoms with Crippen LogP contribution in [0.1, 0.15) is 27.7 Å². The van der Waals surface area contributed by atoms with Crippen LogP contribution in [-0.4, -0.2) is 35.2 Å². The quantitative estimate of drug-likeness (QED) is 0.613. The summed E-state index contributed by atoms with van der Waals surface area (Å²) in [5.41, 5.74) is 2.73. The van der Waals surface area contributed by atoms with Crippen LogP contribution in [0.2, 0.25) is 0 Å². The Balaban J connectivity index is 3.90. The zero-order valence-electron chi connectivity index (χ0n) is 8.87. The molecule has 0 spiro atoms. The highest BCUT2D eigenvalue weighted by Crippen LogP contribution is 1.93. The predicted molar refractivity (Wildman–Crippen MR) is 51.9 cm³/mol. The predicted octanol–water partition coefficient (Wildman–Crippen LogP) is 0.376. The average molecular weight is 188 g/mol. The van der Waals surface area contributed by atoms with Crippen molar-refractivity contribution in [3.05, 3.63) is 0 Å². The molecule has 1 amide bonds. The number of nitrogens with one attached hydrogen (secondary N) is 1. The molecule has 1 atom stereocenters. The van der Waals surface area contributed by atoms with Gasteiger partial charge in [-0.05, 0) is 6.92 Å². The Morgan fingerprint density at radius 2 is 2.00 bits per heavy atom. The highest BCUT2D eigenvalue weighted by Gasteiger charge is 2.11. The molecule has 0 heterocycles. The number of amides is 1. The summed E-state index contributed by atoms with van der Waals surface area (Å²) in [6, 6.07) is 0. The minimum Gasteiger partial charge on any atom is -0.392 e. The summed E-state index contributed by atoms with van der Waals surface area (Å²) in [6.07, 6.45) is -0.424. The van der Waals surface area contributed by atoms with Crippen LogP contribution in [0, 0.1) is 5.92 Å². The number of carbonyl (C=O) groups excluding carboxylic acids is 1. The Morgan fingerprint density at radius 1 is 1.46 bits per heavy atom. The van der Waals surface area contributed by atoms with Gasteiger partial charge in [0.2, 0.25) is 5.91 Å². The second kappa shape index (κ2) is 5.94. The SMILES string of the molecule is CCN(CC(C)O)NC(=O)C(C)C. The van der Waals surface area contributed by atoms with Gasteiger partial charge in [-0.2, -0.15) is 0 Å². The molecule has 0 aromatic heterocycles. The number of aliphatic hydroxyl groups excluding tert-OH is 1. The summed E-state index contributed by atoms with van der Waals surface area (Å²) in [5.74, 6) is -0.0365. The number of hydrogen-bond acceptors (Lipinski definition) is 3. The fourth-order valence-corrected chi connectivity index (χ4v) is 0.858. The van der Waals surface area contributed by atoms with E-state index in [-0.39, 0.29) is 11.8 Å². The fourth-order valence-electron chi connectivity index (χ4n) is 0.858. The smallest absolute Gasteiger partial charge is 0.236 e.